The Morgan fingerprint density at radius 1 is 1.67 bits per heavy atom. The molecule has 2 fully saturated rings. The third-order valence-corrected chi connectivity index (χ3v) is 2.88. The van der Waals surface area contributed by atoms with Gasteiger partial charge in [-0.2, -0.15) is 5.26 Å². The van der Waals surface area contributed by atoms with E-state index in [4.69, 9.17) is 5.26 Å². The molecule has 0 unspecified atom stereocenters. The Bertz CT molecular complexity index is 264. The van der Waals surface area contributed by atoms with Gasteiger partial charge in [-0.15, -0.1) is 0 Å². The van der Waals surface area contributed by atoms with Crippen LogP contribution in [0.3, 0.4) is 0 Å². The van der Waals surface area contributed by atoms with Crippen molar-refractivity contribution in [3.63, 3.8) is 0 Å². The minimum atomic E-state index is -0.667. The van der Waals surface area contributed by atoms with E-state index in [9.17, 15) is 4.79 Å². The maximum atomic E-state index is 11.5. The molecule has 12 heavy (non-hydrogen) atoms. The summed E-state index contributed by atoms with van der Waals surface area (Å²) < 4.78 is 0. The van der Waals surface area contributed by atoms with Crippen LogP contribution in [0.4, 0.5) is 0 Å². The van der Waals surface area contributed by atoms with Crippen LogP contribution in [0.25, 0.3) is 0 Å². The monoisotopic (exact) mass is 164 g/mol. The summed E-state index contributed by atoms with van der Waals surface area (Å²) in [5.74, 6) is 0.299. The molecule has 1 saturated heterocycles. The first-order valence-corrected chi connectivity index (χ1v) is 4.41. The molecule has 0 bridgehead atoms. The number of nitriles is 1. The summed E-state index contributed by atoms with van der Waals surface area (Å²) in [5.41, 5.74) is -0.667. The van der Waals surface area contributed by atoms with E-state index in [0.29, 0.717) is 12.3 Å². The zero-order valence-electron chi connectivity index (χ0n) is 7.13. The van der Waals surface area contributed by atoms with Gasteiger partial charge in [0, 0.05) is 6.04 Å². The van der Waals surface area contributed by atoms with Crippen molar-refractivity contribution in [2.75, 3.05) is 0 Å². The van der Waals surface area contributed by atoms with Crippen LogP contribution in [-0.4, -0.2) is 11.9 Å². The minimum absolute atomic E-state index is 0.0417. The van der Waals surface area contributed by atoms with E-state index in [1.165, 1.54) is 0 Å². The molecule has 1 aliphatic carbocycles. The van der Waals surface area contributed by atoms with Crippen LogP contribution in [0.2, 0.25) is 0 Å². The molecule has 0 aromatic rings. The lowest BCUT2D eigenvalue weighted by atomic mass is 9.81. The molecule has 3 nitrogen and oxygen atoms in total. The van der Waals surface area contributed by atoms with Crippen molar-refractivity contribution < 1.29 is 4.79 Å². The van der Waals surface area contributed by atoms with E-state index in [1.54, 1.807) is 0 Å². The number of hydrogen-bond donors (Lipinski definition) is 1. The topological polar surface area (TPSA) is 52.9 Å². The predicted molar refractivity (Wildman–Crippen MR) is 43.0 cm³/mol. The standard InChI is InChI=1S/C9H12N2O/c1-6-4-9(5-10,7-2-3-7)8(12)11-6/h6-7H,2-4H2,1H3,(H,11,12)/t6-,9-/m1/s1. The lowest BCUT2D eigenvalue weighted by Gasteiger charge is -2.15. The minimum Gasteiger partial charge on any atom is -0.352 e. The summed E-state index contributed by atoms with van der Waals surface area (Å²) in [5, 5.41) is 11.8. The van der Waals surface area contributed by atoms with E-state index < -0.39 is 5.41 Å². The summed E-state index contributed by atoms with van der Waals surface area (Å²) in [6, 6.07) is 2.39. The first kappa shape index (κ1) is 7.60. The average Bonchev–Trinajstić information content (AvgIpc) is 2.79. The molecule has 3 heteroatoms. The molecular weight excluding hydrogens is 152 g/mol. The lowest BCUT2D eigenvalue weighted by Crippen LogP contribution is -2.32. The highest BCUT2D eigenvalue weighted by molar-refractivity contribution is 5.88. The molecule has 1 saturated carbocycles. The molecule has 1 N–H and O–H groups in total. The third kappa shape index (κ3) is 0.842. The molecule has 2 rings (SSSR count). The summed E-state index contributed by atoms with van der Waals surface area (Å²) in [4.78, 5) is 11.5. The van der Waals surface area contributed by atoms with Crippen LogP contribution < -0.4 is 5.32 Å². The van der Waals surface area contributed by atoms with Gasteiger partial charge in [0.2, 0.25) is 5.91 Å². The smallest absolute Gasteiger partial charge is 0.241 e. The van der Waals surface area contributed by atoms with E-state index in [-0.39, 0.29) is 11.9 Å². The van der Waals surface area contributed by atoms with Gasteiger partial charge in [-0.1, -0.05) is 0 Å². The zero-order chi connectivity index (χ0) is 8.77. The number of rotatable bonds is 1. The van der Waals surface area contributed by atoms with E-state index >= 15 is 0 Å². The second kappa shape index (κ2) is 2.22. The molecule has 1 aliphatic heterocycles. The van der Waals surface area contributed by atoms with Gasteiger partial charge in [0.25, 0.3) is 0 Å². The van der Waals surface area contributed by atoms with Crippen molar-refractivity contribution in [2.24, 2.45) is 11.3 Å². The molecule has 2 atom stereocenters. The van der Waals surface area contributed by atoms with Gasteiger partial charge in [-0.25, -0.2) is 0 Å². The first-order valence-electron chi connectivity index (χ1n) is 4.41. The fourth-order valence-corrected chi connectivity index (χ4v) is 2.10. The highest BCUT2D eigenvalue weighted by Gasteiger charge is 2.55. The Hall–Kier alpha value is -1.04. The summed E-state index contributed by atoms with van der Waals surface area (Å²) in [6.07, 6.45) is 2.80. The highest BCUT2D eigenvalue weighted by atomic mass is 16.2. The van der Waals surface area contributed by atoms with Crippen molar-refractivity contribution in [3.8, 4) is 6.07 Å². The SMILES string of the molecule is C[C@@H]1C[C@@](C#N)(C2CC2)C(=O)N1. The molecule has 0 spiro atoms. The van der Waals surface area contributed by atoms with Crippen LogP contribution in [0.5, 0.6) is 0 Å². The van der Waals surface area contributed by atoms with Gasteiger partial charge in [0.1, 0.15) is 5.41 Å². The van der Waals surface area contributed by atoms with Gasteiger partial charge < -0.3 is 5.32 Å². The van der Waals surface area contributed by atoms with E-state index in [2.05, 4.69) is 11.4 Å². The summed E-state index contributed by atoms with van der Waals surface area (Å²) in [7, 11) is 0. The van der Waals surface area contributed by atoms with Crippen molar-refractivity contribution in [1.29, 1.82) is 5.26 Å². The van der Waals surface area contributed by atoms with Crippen LogP contribution in [0.15, 0.2) is 0 Å². The van der Waals surface area contributed by atoms with Gasteiger partial charge in [0.05, 0.1) is 6.07 Å². The van der Waals surface area contributed by atoms with E-state index in [0.717, 1.165) is 12.8 Å². The molecular formula is C9H12N2O. The quantitative estimate of drug-likeness (QED) is 0.623. The second-order valence-corrected chi connectivity index (χ2v) is 3.94. The predicted octanol–water partition coefficient (Wildman–Crippen LogP) is 0.815. The number of carbonyl (C=O) groups is 1. The van der Waals surface area contributed by atoms with Crippen LogP contribution in [-0.2, 0) is 4.79 Å². The van der Waals surface area contributed by atoms with Crippen molar-refractivity contribution >= 4 is 5.91 Å². The maximum absolute atomic E-state index is 11.5. The largest absolute Gasteiger partial charge is 0.352 e. The number of hydrogen-bond acceptors (Lipinski definition) is 2. The van der Waals surface area contributed by atoms with Crippen molar-refractivity contribution in [1.82, 2.24) is 5.32 Å². The molecule has 0 aromatic carbocycles. The molecule has 64 valence electrons. The van der Waals surface area contributed by atoms with Gasteiger partial charge in [-0.3, -0.25) is 4.79 Å². The number of nitrogens with one attached hydrogen (secondary N) is 1. The average molecular weight is 164 g/mol. The third-order valence-electron chi connectivity index (χ3n) is 2.88. The highest BCUT2D eigenvalue weighted by Crippen LogP contribution is 2.50. The molecule has 0 aromatic heterocycles. The van der Waals surface area contributed by atoms with Gasteiger partial charge in [-0.05, 0) is 32.1 Å². The van der Waals surface area contributed by atoms with Crippen LogP contribution in [0, 0.1) is 22.7 Å². The van der Waals surface area contributed by atoms with Crippen molar-refractivity contribution in [2.45, 2.75) is 32.2 Å². The number of nitrogens with zero attached hydrogens (tertiary/aromatic N) is 1. The normalized spacial score (nSPS) is 40.7. The Balaban J connectivity index is 2.28. The maximum Gasteiger partial charge on any atom is 0.241 e. The Morgan fingerprint density at radius 3 is 2.67 bits per heavy atom. The Morgan fingerprint density at radius 2 is 2.33 bits per heavy atom. The van der Waals surface area contributed by atoms with E-state index in [1.807, 2.05) is 6.92 Å². The van der Waals surface area contributed by atoms with Gasteiger partial charge >= 0.3 is 0 Å². The molecule has 1 heterocycles. The zero-order valence-corrected chi connectivity index (χ0v) is 7.13. The summed E-state index contributed by atoms with van der Waals surface area (Å²) in [6.45, 7) is 1.96. The van der Waals surface area contributed by atoms with Crippen LogP contribution in [0.1, 0.15) is 26.2 Å². The first-order chi connectivity index (χ1) is 5.69. The van der Waals surface area contributed by atoms with Crippen molar-refractivity contribution in [3.05, 3.63) is 0 Å². The Labute approximate surface area is 71.8 Å². The fourth-order valence-electron chi connectivity index (χ4n) is 2.10. The molecule has 2 aliphatic rings. The number of carbonyl (C=O) groups excluding carboxylic acids is 1. The molecule has 1 amide bonds. The fraction of sp³-hybridized carbons (Fsp3) is 0.778. The summed E-state index contributed by atoms with van der Waals surface area (Å²) >= 11 is 0. The van der Waals surface area contributed by atoms with Gasteiger partial charge in [0.15, 0.2) is 0 Å². The van der Waals surface area contributed by atoms with Crippen LogP contribution >= 0.6 is 0 Å². The lowest BCUT2D eigenvalue weighted by molar-refractivity contribution is -0.126. The Kier molecular flexibility index (Phi) is 1.41. The second-order valence-electron chi connectivity index (χ2n) is 3.94. The number of amides is 1. The molecule has 0 radical (unpaired) electrons.